The molecule has 5 heteroatoms. The summed E-state index contributed by atoms with van der Waals surface area (Å²) in [5.74, 6) is -1.28. The van der Waals surface area contributed by atoms with Crippen LogP contribution in [-0.2, 0) is 14.4 Å². The monoisotopic (exact) mass is 265 g/mol. The normalized spacial score (nSPS) is 38.6. The zero-order chi connectivity index (χ0) is 13.6. The van der Waals surface area contributed by atoms with E-state index < -0.39 is 11.9 Å². The van der Waals surface area contributed by atoms with E-state index in [1.165, 1.54) is 4.90 Å². The molecule has 0 spiro atoms. The highest BCUT2D eigenvalue weighted by atomic mass is 16.4. The summed E-state index contributed by atoms with van der Waals surface area (Å²) in [6.07, 6.45) is 5.00. The SMILES string of the molecule is O=C(O)C1CCCC(N2C(=O)C3CCC(C3)C2=O)C1. The van der Waals surface area contributed by atoms with Crippen LogP contribution in [-0.4, -0.2) is 33.8 Å². The van der Waals surface area contributed by atoms with E-state index in [2.05, 4.69) is 0 Å². The van der Waals surface area contributed by atoms with Crippen molar-refractivity contribution in [3.8, 4) is 0 Å². The molecule has 1 N–H and O–H groups in total. The predicted molar refractivity (Wildman–Crippen MR) is 66.1 cm³/mol. The van der Waals surface area contributed by atoms with Crippen LogP contribution in [0.15, 0.2) is 0 Å². The number of fused-ring (bicyclic) bond motifs is 2. The largest absolute Gasteiger partial charge is 0.481 e. The third kappa shape index (κ3) is 2.05. The molecule has 0 aromatic heterocycles. The molecule has 1 heterocycles. The number of hydrogen-bond donors (Lipinski definition) is 1. The summed E-state index contributed by atoms with van der Waals surface area (Å²) in [6.45, 7) is 0. The van der Waals surface area contributed by atoms with Crippen LogP contribution in [0.4, 0.5) is 0 Å². The van der Waals surface area contributed by atoms with Gasteiger partial charge in [0.2, 0.25) is 11.8 Å². The molecule has 1 saturated heterocycles. The lowest BCUT2D eigenvalue weighted by atomic mass is 9.83. The first kappa shape index (κ1) is 12.6. The Morgan fingerprint density at radius 1 is 1.00 bits per heavy atom. The Morgan fingerprint density at radius 3 is 2.21 bits per heavy atom. The van der Waals surface area contributed by atoms with E-state index in [0.717, 1.165) is 25.7 Å². The fraction of sp³-hybridized carbons (Fsp3) is 0.786. The quantitative estimate of drug-likeness (QED) is 0.766. The summed E-state index contributed by atoms with van der Waals surface area (Å²) in [6, 6.07) is -0.182. The Balaban J connectivity index is 1.79. The molecule has 5 nitrogen and oxygen atoms in total. The third-order valence-corrected chi connectivity index (χ3v) is 4.97. The second-order valence-electron chi connectivity index (χ2n) is 6.11. The van der Waals surface area contributed by atoms with Crippen molar-refractivity contribution in [3.05, 3.63) is 0 Å². The van der Waals surface area contributed by atoms with E-state index in [9.17, 15) is 14.4 Å². The van der Waals surface area contributed by atoms with E-state index in [-0.39, 0.29) is 29.7 Å². The Labute approximate surface area is 112 Å². The number of aliphatic carboxylic acids is 1. The molecule has 3 fully saturated rings. The molecule has 2 bridgehead atoms. The Bertz CT molecular complexity index is 411. The summed E-state index contributed by atoms with van der Waals surface area (Å²) in [4.78, 5) is 37.2. The van der Waals surface area contributed by atoms with Crippen LogP contribution in [0.25, 0.3) is 0 Å². The minimum absolute atomic E-state index is 0.00732. The van der Waals surface area contributed by atoms with Crippen molar-refractivity contribution >= 4 is 17.8 Å². The van der Waals surface area contributed by atoms with Crippen molar-refractivity contribution in [3.63, 3.8) is 0 Å². The van der Waals surface area contributed by atoms with E-state index in [1.54, 1.807) is 0 Å². The van der Waals surface area contributed by atoms with Crippen LogP contribution in [0.3, 0.4) is 0 Å². The Kier molecular flexibility index (Phi) is 3.07. The lowest BCUT2D eigenvalue weighted by Gasteiger charge is -2.39. The highest BCUT2D eigenvalue weighted by Gasteiger charge is 2.48. The van der Waals surface area contributed by atoms with Crippen molar-refractivity contribution in [2.45, 2.75) is 51.0 Å². The summed E-state index contributed by atoms with van der Waals surface area (Å²) in [5.41, 5.74) is 0. The average Bonchev–Trinajstić information content (AvgIpc) is 2.84. The molecule has 2 aliphatic carbocycles. The molecule has 4 unspecified atom stereocenters. The molecule has 0 radical (unpaired) electrons. The van der Waals surface area contributed by atoms with Gasteiger partial charge in [0.1, 0.15) is 0 Å². The second kappa shape index (κ2) is 4.62. The van der Waals surface area contributed by atoms with Gasteiger partial charge >= 0.3 is 5.97 Å². The zero-order valence-corrected chi connectivity index (χ0v) is 10.9. The van der Waals surface area contributed by atoms with Crippen LogP contribution in [0.2, 0.25) is 0 Å². The van der Waals surface area contributed by atoms with Gasteiger partial charge < -0.3 is 5.11 Å². The number of piperidine rings is 1. The molecule has 0 aromatic rings. The summed E-state index contributed by atoms with van der Waals surface area (Å²) in [5, 5.41) is 9.11. The minimum atomic E-state index is -0.801. The molecular formula is C14H19NO4. The van der Waals surface area contributed by atoms with E-state index in [1.807, 2.05) is 0 Å². The van der Waals surface area contributed by atoms with Crippen LogP contribution >= 0.6 is 0 Å². The molecule has 1 aliphatic heterocycles. The number of carboxylic acid groups (broad SMARTS) is 1. The molecule has 104 valence electrons. The van der Waals surface area contributed by atoms with Gasteiger partial charge in [0.15, 0.2) is 0 Å². The van der Waals surface area contributed by atoms with Gasteiger partial charge in [0, 0.05) is 17.9 Å². The number of imide groups is 1. The topological polar surface area (TPSA) is 74.7 Å². The van der Waals surface area contributed by atoms with Gasteiger partial charge in [-0.2, -0.15) is 0 Å². The fourth-order valence-corrected chi connectivity index (χ4v) is 3.91. The van der Waals surface area contributed by atoms with Crippen molar-refractivity contribution in [1.29, 1.82) is 0 Å². The minimum Gasteiger partial charge on any atom is -0.481 e. The predicted octanol–water partition coefficient (Wildman–Crippen LogP) is 1.41. The molecule has 3 rings (SSSR count). The van der Waals surface area contributed by atoms with Gasteiger partial charge in [-0.3, -0.25) is 19.3 Å². The van der Waals surface area contributed by atoms with Crippen LogP contribution in [0.5, 0.6) is 0 Å². The van der Waals surface area contributed by atoms with Gasteiger partial charge in [-0.1, -0.05) is 6.42 Å². The van der Waals surface area contributed by atoms with Crippen LogP contribution in [0, 0.1) is 17.8 Å². The summed E-state index contributed by atoms with van der Waals surface area (Å²) < 4.78 is 0. The maximum Gasteiger partial charge on any atom is 0.306 e. The fourth-order valence-electron chi connectivity index (χ4n) is 3.91. The highest BCUT2D eigenvalue weighted by molar-refractivity contribution is 6.01. The molecule has 3 aliphatic rings. The van der Waals surface area contributed by atoms with Gasteiger partial charge in [-0.25, -0.2) is 0 Å². The molecule has 4 atom stereocenters. The van der Waals surface area contributed by atoms with Gasteiger partial charge in [-0.15, -0.1) is 0 Å². The summed E-state index contributed by atoms with van der Waals surface area (Å²) >= 11 is 0. The number of likely N-dealkylation sites (tertiary alicyclic amines) is 1. The molecule has 2 amide bonds. The van der Waals surface area contributed by atoms with Crippen molar-refractivity contribution < 1.29 is 19.5 Å². The lowest BCUT2D eigenvalue weighted by molar-refractivity contribution is -0.159. The number of amides is 2. The van der Waals surface area contributed by atoms with Crippen molar-refractivity contribution in [1.82, 2.24) is 4.90 Å². The second-order valence-corrected chi connectivity index (χ2v) is 6.11. The number of rotatable bonds is 2. The first-order chi connectivity index (χ1) is 9.08. The summed E-state index contributed by atoms with van der Waals surface area (Å²) in [7, 11) is 0. The van der Waals surface area contributed by atoms with E-state index >= 15 is 0 Å². The Hall–Kier alpha value is -1.39. The average molecular weight is 265 g/mol. The third-order valence-electron chi connectivity index (χ3n) is 4.97. The van der Waals surface area contributed by atoms with Gasteiger partial charge in [0.25, 0.3) is 0 Å². The number of carboxylic acids is 1. The maximum absolute atomic E-state index is 12.3. The first-order valence-electron chi connectivity index (χ1n) is 7.17. The van der Waals surface area contributed by atoms with Crippen molar-refractivity contribution in [2.75, 3.05) is 0 Å². The van der Waals surface area contributed by atoms with Gasteiger partial charge in [-0.05, 0) is 38.5 Å². The van der Waals surface area contributed by atoms with E-state index in [0.29, 0.717) is 19.3 Å². The van der Waals surface area contributed by atoms with E-state index in [4.69, 9.17) is 5.11 Å². The number of carbonyl (C=O) groups excluding carboxylic acids is 2. The standard InChI is InChI=1S/C14H19NO4/c16-12-8-4-5-9(6-8)13(17)15(12)11-3-1-2-10(7-11)14(18)19/h8-11H,1-7H2,(H,18,19). The maximum atomic E-state index is 12.3. The highest BCUT2D eigenvalue weighted by Crippen LogP contribution is 2.41. The molecule has 0 aromatic carbocycles. The van der Waals surface area contributed by atoms with Crippen LogP contribution in [0.1, 0.15) is 44.9 Å². The number of nitrogens with zero attached hydrogens (tertiary/aromatic N) is 1. The molecule has 2 saturated carbocycles. The Morgan fingerprint density at radius 2 is 1.63 bits per heavy atom. The smallest absolute Gasteiger partial charge is 0.306 e. The first-order valence-corrected chi connectivity index (χ1v) is 7.17. The lowest BCUT2D eigenvalue weighted by Crippen LogP contribution is -2.53. The zero-order valence-electron chi connectivity index (χ0n) is 10.9. The van der Waals surface area contributed by atoms with Gasteiger partial charge in [0.05, 0.1) is 5.92 Å². The van der Waals surface area contributed by atoms with Crippen molar-refractivity contribution in [2.24, 2.45) is 17.8 Å². The number of hydrogen-bond acceptors (Lipinski definition) is 3. The molecular weight excluding hydrogens is 246 g/mol. The van der Waals surface area contributed by atoms with Crippen LogP contribution < -0.4 is 0 Å². The molecule has 19 heavy (non-hydrogen) atoms. The number of carbonyl (C=O) groups is 3.